The van der Waals surface area contributed by atoms with Gasteiger partial charge in [0.15, 0.2) is 0 Å². The van der Waals surface area contributed by atoms with Gasteiger partial charge in [-0.05, 0) is 78.6 Å². The van der Waals surface area contributed by atoms with Gasteiger partial charge in [-0.15, -0.1) is 11.3 Å². The van der Waals surface area contributed by atoms with Crippen LogP contribution in [0, 0.1) is 11.3 Å². The van der Waals surface area contributed by atoms with Gasteiger partial charge in [0.25, 0.3) is 5.91 Å². The molecule has 176 valence electrons. The number of rotatable bonds is 5. The van der Waals surface area contributed by atoms with E-state index in [0.717, 1.165) is 51.8 Å². The average Bonchev–Trinajstić information content (AvgIpc) is 3.33. The number of carbonyl (C=O) groups excluding carboxylic acids is 1. The molecule has 0 radical (unpaired) electrons. The molecule has 5 rings (SSSR count). The lowest BCUT2D eigenvalue weighted by molar-refractivity contribution is 0.0611. The molecule has 35 heavy (non-hydrogen) atoms. The van der Waals surface area contributed by atoms with E-state index in [1.807, 2.05) is 59.5 Å². The van der Waals surface area contributed by atoms with E-state index in [0.29, 0.717) is 17.7 Å². The molecule has 0 aliphatic heterocycles. The first-order valence-corrected chi connectivity index (χ1v) is 12.7. The number of amides is 1. The van der Waals surface area contributed by atoms with E-state index in [9.17, 15) is 15.2 Å². The number of phenolic OH excluding ortho intramolecular Hbond substituents is 1. The van der Waals surface area contributed by atoms with Gasteiger partial charge in [-0.3, -0.25) is 4.79 Å². The standard InChI is InChI=1S/C29H27N3O2S/c30-17-19-4-3-6-21(14-19)25-15-20(8-13-26(25)33)18-32(24-11-9-23(31)10-12-24)29(34)28-16-22-5-1-2-7-27(22)35-28/h1-8,13-16,23-24,33H,9-12,18,31H2. The minimum atomic E-state index is 0.0350. The molecular formula is C29H27N3O2S. The molecule has 5 nitrogen and oxygen atoms in total. The zero-order valence-electron chi connectivity index (χ0n) is 19.4. The Labute approximate surface area is 209 Å². The van der Waals surface area contributed by atoms with Crippen molar-refractivity contribution in [2.24, 2.45) is 5.73 Å². The van der Waals surface area contributed by atoms with Gasteiger partial charge in [-0.25, -0.2) is 0 Å². The lowest BCUT2D eigenvalue weighted by atomic mass is 9.90. The predicted octanol–water partition coefficient (Wildman–Crippen LogP) is 6.06. The van der Waals surface area contributed by atoms with Crippen LogP contribution in [0.2, 0.25) is 0 Å². The van der Waals surface area contributed by atoms with Crippen LogP contribution in [-0.2, 0) is 6.54 Å². The number of thiophene rings is 1. The largest absolute Gasteiger partial charge is 0.507 e. The Morgan fingerprint density at radius 2 is 1.83 bits per heavy atom. The Morgan fingerprint density at radius 3 is 2.60 bits per heavy atom. The number of fused-ring (bicyclic) bond motifs is 1. The fraction of sp³-hybridized carbons (Fsp3) is 0.241. The highest BCUT2D eigenvalue weighted by atomic mass is 32.1. The zero-order valence-corrected chi connectivity index (χ0v) is 20.2. The maximum Gasteiger partial charge on any atom is 0.264 e. The number of hydrogen-bond acceptors (Lipinski definition) is 5. The van der Waals surface area contributed by atoms with E-state index in [1.165, 1.54) is 11.3 Å². The average molecular weight is 482 g/mol. The Bertz CT molecular complexity index is 1380. The molecule has 0 spiro atoms. The smallest absolute Gasteiger partial charge is 0.264 e. The highest BCUT2D eigenvalue weighted by Crippen LogP contribution is 2.33. The highest BCUT2D eigenvalue weighted by Gasteiger charge is 2.29. The normalized spacial score (nSPS) is 17.7. The van der Waals surface area contributed by atoms with Crippen LogP contribution in [0.25, 0.3) is 21.2 Å². The molecule has 1 fully saturated rings. The molecule has 4 aromatic rings. The van der Waals surface area contributed by atoms with Crippen molar-refractivity contribution in [2.75, 3.05) is 0 Å². The molecule has 1 aliphatic carbocycles. The number of nitriles is 1. The molecule has 1 aromatic heterocycles. The molecule has 0 atom stereocenters. The summed E-state index contributed by atoms with van der Waals surface area (Å²) in [6, 6.07) is 25.2. The fourth-order valence-corrected chi connectivity index (χ4v) is 5.89. The lowest BCUT2D eigenvalue weighted by Gasteiger charge is -2.36. The third-order valence-corrected chi connectivity index (χ3v) is 7.90. The molecule has 3 aromatic carbocycles. The van der Waals surface area contributed by atoms with Gasteiger partial charge in [0.1, 0.15) is 5.75 Å². The van der Waals surface area contributed by atoms with Crippen molar-refractivity contribution in [2.45, 2.75) is 44.3 Å². The molecule has 0 unspecified atom stereocenters. The summed E-state index contributed by atoms with van der Waals surface area (Å²) < 4.78 is 1.10. The maximum absolute atomic E-state index is 13.8. The quantitative estimate of drug-likeness (QED) is 0.363. The Kier molecular flexibility index (Phi) is 6.54. The lowest BCUT2D eigenvalue weighted by Crippen LogP contribution is -2.43. The van der Waals surface area contributed by atoms with E-state index >= 15 is 0 Å². The third kappa shape index (κ3) is 4.93. The van der Waals surface area contributed by atoms with Crippen molar-refractivity contribution in [3.05, 3.63) is 88.8 Å². The number of carbonyl (C=O) groups is 1. The summed E-state index contributed by atoms with van der Waals surface area (Å²) in [5.74, 6) is 0.183. The first-order chi connectivity index (χ1) is 17.0. The van der Waals surface area contributed by atoms with E-state index in [1.54, 1.807) is 18.2 Å². The number of nitrogens with zero attached hydrogens (tertiary/aromatic N) is 2. The fourth-order valence-electron chi connectivity index (χ4n) is 4.87. The van der Waals surface area contributed by atoms with Crippen LogP contribution in [0.5, 0.6) is 5.75 Å². The van der Waals surface area contributed by atoms with Gasteiger partial charge in [-0.1, -0.05) is 36.4 Å². The van der Waals surface area contributed by atoms with Gasteiger partial charge >= 0.3 is 0 Å². The summed E-state index contributed by atoms with van der Waals surface area (Å²) in [7, 11) is 0. The van der Waals surface area contributed by atoms with Gasteiger partial charge in [0.05, 0.1) is 16.5 Å². The van der Waals surface area contributed by atoms with Crippen molar-refractivity contribution in [1.29, 1.82) is 5.26 Å². The topological polar surface area (TPSA) is 90.4 Å². The summed E-state index contributed by atoms with van der Waals surface area (Å²) >= 11 is 1.53. The van der Waals surface area contributed by atoms with Crippen LogP contribution >= 0.6 is 11.3 Å². The summed E-state index contributed by atoms with van der Waals surface area (Å²) in [6.07, 6.45) is 3.57. The van der Waals surface area contributed by atoms with Gasteiger partial charge in [0.2, 0.25) is 0 Å². The SMILES string of the molecule is N#Cc1cccc(-c2cc(CN(C(=O)c3cc4ccccc4s3)C3CCC(N)CC3)ccc2O)c1. The number of aromatic hydroxyl groups is 1. The van der Waals surface area contributed by atoms with Gasteiger partial charge in [0, 0.05) is 28.9 Å². The molecule has 0 bridgehead atoms. The van der Waals surface area contributed by atoms with Crippen LogP contribution in [0.3, 0.4) is 0 Å². The Balaban J connectivity index is 1.49. The first-order valence-electron chi connectivity index (χ1n) is 11.9. The highest BCUT2D eigenvalue weighted by molar-refractivity contribution is 7.20. The predicted molar refractivity (Wildman–Crippen MR) is 140 cm³/mol. The maximum atomic E-state index is 13.8. The van der Waals surface area contributed by atoms with Crippen LogP contribution in [0.15, 0.2) is 72.8 Å². The van der Waals surface area contributed by atoms with Crippen molar-refractivity contribution >= 4 is 27.3 Å². The second kappa shape index (κ2) is 9.91. The van der Waals surface area contributed by atoms with E-state index in [2.05, 4.69) is 6.07 Å². The molecular weight excluding hydrogens is 454 g/mol. The second-order valence-corrected chi connectivity index (χ2v) is 10.3. The van der Waals surface area contributed by atoms with Crippen LogP contribution < -0.4 is 5.73 Å². The minimum Gasteiger partial charge on any atom is -0.507 e. The van der Waals surface area contributed by atoms with Crippen LogP contribution in [0.4, 0.5) is 0 Å². The molecule has 1 amide bonds. The molecule has 1 heterocycles. The van der Waals surface area contributed by atoms with Gasteiger partial charge in [-0.2, -0.15) is 5.26 Å². The summed E-state index contributed by atoms with van der Waals surface area (Å²) in [5, 5.41) is 20.9. The summed E-state index contributed by atoms with van der Waals surface area (Å²) in [6.45, 7) is 0.443. The number of benzene rings is 3. The molecule has 0 saturated heterocycles. The second-order valence-electron chi connectivity index (χ2n) is 9.19. The third-order valence-electron chi connectivity index (χ3n) is 6.80. The Morgan fingerprint density at radius 1 is 1.03 bits per heavy atom. The zero-order chi connectivity index (χ0) is 24.4. The van der Waals surface area contributed by atoms with Gasteiger partial charge < -0.3 is 15.7 Å². The number of phenols is 1. The van der Waals surface area contributed by atoms with E-state index < -0.39 is 0 Å². The number of nitrogens with two attached hydrogens (primary N) is 1. The summed E-state index contributed by atoms with van der Waals surface area (Å²) in [4.78, 5) is 16.5. The summed E-state index contributed by atoms with van der Waals surface area (Å²) in [5.41, 5.74) is 9.05. The minimum absolute atomic E-state index is 0.0350. The van der Waals surface area contributed by atoms with Crippen LogP contribution in [0.1, 0.15) is 46.5 Å². The first kappa shape index (κ1) is 23.1. The molecule has 3 N–H and O–H groups in total. The van der Waals surface area contributed by atoms with E-state index in [-0.39, 0.29) is 23.7 Å². The number of hydrogen-bond donors (Lipinski definition) is 2. The molecule has 6 heteroatoms. The van der Waals surface area contributed by atoms with Crippen molar-refractivity contribution < 1.29 is 9.90 Å². The molecule has 1 saturated carbocycles. The Hall–Kier alpha value is -3.66. The van der Waals surface area contributed by atoms with Crippen molar-refractivity contribution in [3.8, 4) is 22.9 Å². The van der Waals surface area contributed by atoms with Crippen LogP contribution in [-0.4, -0.2) is 28.0 Å². The van der Waals surface area contributed by atoms with Crippen molar-refractivity contribution in [3.63, 3.8) is 0 Å². The van der Waals surface area contributed by atoms with Crippen molar-refractivity contribution in [1.82, 2.24) is 4.90 Å². The monoisotopic (exact) mass is 481 g/mol. The molecule has 1 aliphatic rings. The van der Waals surface area contributed by atoms with E-state index in [4.69, 9.17) is 5.73 Å².